The number of aliphatic hydroxyl groups excluding tert-OH is 4. The molecule has 0 saturated carbocycles. The van der Waals surface area contributed by atoms with Gasteiger partial charge in [0.1, 0.15) is 0 Å². The van der Waals surface area contributed by atoms with E-state index in [4.69, 9.17) is 96.6 Å². The summed E-state index contributed by atoms with van der Waals surface area (Å²) < 4.78 is 80.2. The lowest BCUT2D eigenvalue weighted by Crippen LogP contribution is -2.24. The van der Waals surface area contributed by atoms with Gasteiger partial charge in [0.25, 0.3) is 0 Å². The molecule has 368 valence electrons. The molecule has 0 radical (unpaired) electrons. The Morgan fingerprint density at radius 3 is 0.770 bits per heavy atom. The number of rotatable bonds is 48. The van der Waals surface area contributed by atoms with E-state index in [2.05, 4.69) is 6.58 Å². The molecule has 61 heavy (non-hydrogen) atoms. The summed E-state index contributed by atoms with van der Waals surface area (Å²) in [6, 6.07) is 0. The van der Waals surface area contributed by atoms with E-state index < -0.39 is 12.1 Å². The van der Waals surface area contributed by atoms with Crippen LogP contribution in [0.3, 0.4) is 0 Å². The van der Waals surface area contributed by atoms with Gasteiger partial charge in [-0.2, -0.15) is 0 Å². The Morgan fingerprint density at radius 2 is 0.607 bits per heavy atom. The molecule has 0 spiro atoms. The van der Waals surface area contributed by atoms with Crippen LogP contribution in [0.1, 0.15) is 20.8 Å². The Balaban J connectivity index is -0.00000154. The summed E-state index contributed by atoms with van der Waals surface area (Å²) in [4.78, 5) is 9.25. The quantitative estimate of drug-likeness (QED) is 0.0385. The summed E-state index contributed by atoms with van der Waals surface area (Å²) in [6.45, 7) is 21.7. The third-order valence-electron chi connectivity index (χ3n) is 6.60. The summed E-state index contributed by atoms with van der Waals surface area (Å²) in [5.41, 5.74) is 0. The van der Waals surface area contributed by atoms with Crippen LogP contribution in [-0.2, 0) is 75.8 Å². The molecule has 0 fully saturated rings. The average Bonchev–Trinajstić information content (AvgIpc) is 3.26. The van der Waals surface area contributed by atoms with Crippen molar-refractivity contribution in [3.63, 3.8) is 0 Å². The van der Waals surface area contributed by atoms with Gasteiger partial charge in [-0.3, -0.25) is 0 Å². The minimum Gasteiger partial charge on any atom is -0.478 e. The topological polar surface area (TPSA) is 257 Å². The molecule has 0 amide bonds. The van der Waals surface area contributed by atoms with Crippen LogP contribution in [0.4, 0.5) is 0 Å². The highest BCUT2D eigenvalue weighted by Gasteiger charge is 2.07. The first kappa shape index (κ1) is 63.7. The highest BCUT2D eigenvalue weighted by molar-refractivity contribution is 5.78. The van der Waals surface area contributed by atoms with Crippen molar-refractivity contribution in [3.8, 4) is 0 Å². The zero-order valence-corrected chi connectivity index (χ0v) is 37.2. The van der Waals surface area contributed by atoms with E-state index in [0.29, 0.717) is 185 Å². The lowest BCUT2D eigenvalue weighted by Gasteiger charge is -2.16. The summed E-state index contributed by atoms with van der Waals surface area (Å²) in [7, 11) is 0. The fourth-order valence-electron chi connectivity index (χ4n) is 3.57. The van der Waals surface area contributed by atoms with E-state index in [0.717, 1.165) is 6.08 Å². The summed E-state index contributed by atoms with van der Waals surface area (Å²) in [5, 5.41) is 42.3. The molecule has 0 aromatic carbocycles. The minimum absolute atomic E-state index is 0.0170. The zero-order valence-electron chi connectivity index (χ0n) is 37.2. The molecular weight excluding hydrogens is 816 g/mol. The van der Waals surface area contributed by atoms with Crippen molar-refractivity contribution in [1.82, 2.24) is 0 Å². The van der Waals surface area contributed by atoms with Gasteiger partial charge in [0.15, 0.2) is 0 Å². The van der Waals surface area contributed by atoms with Crippen LogP contribution in [0, 0.1) is 0 Å². The fourth-order valence-corrected chi connectivity index (χ4v) is 3.57. The molecule has 0 aliphatic carbocycles. The second-order valence-electron chi connectivity index (χ2n) is 12.3. The molecule has 0 rings (SSSR count). The van der Waals surface area contributed by atoms with Crippen molar-refractivity contribution in [2.75, 3.05) is 205 Å². The standard InChI is InChI=1S/C28H58O15.C9H20O4.C3H4O2/c29-1-3-31-5-7-33-9-11-35-13-15-37-17-19-39-21-23-41-25-27-43-28-26-42-24-22-40-20-18-38-16-14-36-12-10-34-8-6-32-4-2-30;1-7(11)5-12-9(3)6-13-8(2)4-10;1-2-3(4)5/h29-30H,1-28H2;7-11H,4-6H2,1-3H3;2H,1H2,(H,4,5). The van der Waals surface area contributed by atoms with Crippen LogP contribution in [0.5, 0.6) is 0 Å². The van der Waals surface area contributed by atoms with Gasteiger partial charge >= 0.3 is 5.97 Å². The Morgan fingerprint density at radius 1 is 0.410 bits per heavy atom. The van der Waals surface area contributed by atoms with E-state index in [9.17, 15) is 4.79 Å². The largest absolute Gasteiger partial charge is 0.478 e. The molecule has 3 atom stereocenters. The Hall–Kier alpha value is -1.55. The van der Waals surface area contributed by atoms with Crippen molar-refractivity contribution >= 4 is 5.97 Å². The number of hydrogen-bond acceptors (Lipinski definition) is 20. The molecule has 21 nitrogen and oxygen atoms in total. The summed E-state index contributed by atoms with van der Waals surface area (Å²) in [5.74, 6) is -0.981. The van der Waals surface area contributed by atoms with E-state index in [-0.39, 0.29) is 32.0 Å². The highest BCUT2D eigenvalue weighted by Crippen LogP contribution is 1.97. The molecule has 5 N–H and O–H groups in total. The smallest absolute Gasteiger partial charge is 0.327 e. The molecule has 0 saturated heterocycles. The normalized spacial score (nSPS) is 12.6. The monoisotopic (exact) mass is 899 g/mol. The number of carbonyl (C=O) groups is 1. The van der Waals surface area contributed by atoms with Crippen molar-refractivity contribution in [1.29, 1.82) is 0 Å². The Kier molecular flexibility index (Phi) is 61.1. The number of hydrogen-bond donors (Lipinski definition) is 5. The van der Waals surface area contributed by atoms with Crippen molar-refractivity contribution in [2.24, 2.45) is 0 Å². The van der Waals surface area contributed by atoms with E-state index in [1.165, 1.54) is 0 Å². The van der Waals surface area contributed by atoms with Gasteiger partial charge < -0.3 is 96.6 Å². The first-order valence-electron chi connectivity index (χ1n) is 20.8. The van der Waals surface area contributed by atoms with Crippen LogP contribution in [0.2, 0.25) is 0 Å². The molecule has 21 heteroatoms. The lowest BCUT2D eigenvalue weighted by molar-refractivity contribution is -0.131. The third-order valence-corrected chi connectivity index (χ3v) is 6.60. The zero-order chi connectivity index (χ0) is 45.5. The summed E-state index contributed by atoms with van der Waals surface area (Å²) >= 11 is 0. The molecule has 0 aliphatic heterocycles. The molecule has 3 unspecified atom stereocenters. The van der Waals surface area contributed by atoms with Crippen molar-refractivity contribution in [3.05, 3.63) is 12.7 Å². The van der Waals surface area contributed by atoms with Gasteiger partial charge in [0, 0.05) is 6.08 Å². The van der Waals surface area contributed by atoms with Gasteiger partial charge in [0.05, 0.1) is 223 Å². The van der Waals surface area contributed by atoms with E-state index >= 15 is 0 Å². The average molecular weight is 899 g/mol. The predicted molar refractivity (Wildman–Crippen MR) is 222 cm³/mol. The number of ether oxygens (including phenoxy) is 15. The first-order chi connectivity index (χ1) is 29.7. The fraction of sp³-hybridized carbons (Fsp3) is 0.925. The maximum atomic E-state index is 9.25. The Labute approximate surface area is 363 Å². The second kappa shape index (κ2) is 58.5. The molecule has 0 heterocycles. The third kappa shape index (κ3) is 67.7. The molecule has 0 bridgehead atoms. The number of aliphatic hydroxyl groups is 4. The first-order valence-corrected chi connectivity index (χ1v) is 20.8. The van der Waals surface area contributed by atoms with E-state index in [1.54, 1.807) is 13.8 Å². The van der Waals surface area contributed by atoms with Crippen molar-refractivity contribution in [2.45, 2.75) is 39.1 Å². The predicted octanol–water partition coefficient (Wildman–Crippen LogP) is -0.386. The van der Waals surface area contributed by atoms with Crippen LogP contribution >= 0.6 is 0 Å². The van der Waals surface area contributed by atoms with Gasteiger partial charge in [-0.1, -0.05) is 6.58 Å². The second-order valence-corrected chi connectivity index (χ2v) is 12.3. The van der Waals surface area contributed by atoms with Crippen molar-refractivity contribution < 1.29 is 101 Å². The van der Waals surface area contributed by atoms with Gasteiger partial charge in [-0.05, 0) is 20.8 Å². The number of aliphatic carboxylic acids is 1. The van der Waals surface area contributed by atoms with Gasteiger partial charge in [0.2, 0.25) is 0 Å². The highest BCUT2D eigenvalue weighted by atomic mass is 16.6. The molecule has 0 aromatic heterocycles. The Bertz CT molecular complexity index is 777. The van der Waals surface area contributed by atoms with Gasteiger partial charge in [-0.15, -0.1) is 0 Å². The maximum Gasteiger partial charge on any atom is 0.327 e. The van der Waals surface area contributed by atoms with E-state index in [1.807, 2.05) is 6.92 Å². The van der Waals surface area contributed by atoms with Crippen LogP contribution < -0.4 is 0 Å². The SMILES string of the molecule is C=CC(=O)O.CC(O)COC(C)COC(C)CO.OCCOCCOCCOCCOCCOCCOCCOCCOCCOCCOCCOCCOCCOCCO. The van der Waals surface area contributed by atoms with Crippen LogP contribution in [0.15, 0.2) is 12.7 Å². The maximum absolute atomic E-state index is 9.25. The molecular formula is C40H82O21. The minimum atomic E-state index is -0.981. The van der Waals surface area contributed by atoms with Gasteiger partial charge in [-0.25, -0.2) is 4.79 Å². The van der Waals surface area contributed by atoms with Crippen LogP contribution in [0.25, 0.3) is 0 Å². The molecule has 0 aliphatic rings. The summed E-state index contributed by atoms with van der Waals surface area (Å²) in [6.07, 6.45) is 0.180. The van der Waals surface area contributed by atoms with Crippen LogP contribution in [-0.4, -0.2) is 255 Å². The molecule has 0 aromatic rings. The number of carboxylic acids is 1. The lowest BCUT2D eigenvalue weighted by atomic mass is 10.4. The number of carboxylic acid groups (broad SMARTS) is 1.